The van der Waals surface area contributed by atoms with Gasteiger partial charge in [0, 0.05) is 17.8 Å². The van der Waals surface area contributed by atoms with Crippen LogP contribution in [0.3, 0.4) is 0 Å². The van der Waals surface area contributed by atoms with E-state index in [4.69, 9.17) is 6.42 Å². The summed E-state index contributed by atoms with van der Waals surface area (Å²) >= 11 is 0. The number of ketones is 1. The standard InChI is InChI=1S/C20H17N3O2/c1-3-10-23(17-7-5-16(6-8-17)14(2)24)12-15-4-9-19-18(11-15)20(25)22-13-21-19/h1,4-9,11,13H,10,12H2,2H3,(H,21,22,25). The number of rotatable bonds is 5. The minimum Gasteiger partial charge on any atom is -0.356 e. The summed E-state index contributed by atoms with van der Waals surface area (Å²) in [5.41, 5.74) is 3.02. The Bertz CT molecular complexity index is 1010. The van der Waals surface area contributed by atoms with Crippen LogP contribution in [0.1, 0.15) is 22.8 Å². The second-order valence-electron chi connectivity index (χ2n) is 5.75. The zero-order valence-electron chi connectivity index (χ0n) is 13.8. The third kappa shape index (κ3) is 3.59. The molecule has 124 valence electrons. The van der Waals surface area contributed by atoms with Crippen LogP contribution in [0.15, 0.2) is 53.6 Å². The quantitative estimate of drug-likeness (QED) is 0.577. The smallest absolute Gasteiger partial charge is 0.258 e. The lowest BCUT2D eigenvalue weighted by atomic mass is 10.1. The van der Waals surface area contributed by atoms with Gasteiger partial charge in [-0.05, 0) is 48.9 Å². The lowest BCUT2D eigenvalue weighted by Crippen LogP contribution is -2.23. The van der Waals surface area contributed by atoms with Crippen molar-refractivity contribution >= 4 is 22.4 Å². The second-order valence-corrected chi connectivity index (χ2v) is 5.75. The zero-order chi connectivity index (χ0) is 17.8. The third-order valence-electron chi connectivity index (χ3n) is 4.00. The molecule has 0 amide bonds. The average molecular weight is 331 g/mol. The van der Waals surface area contributed by atoms with Gasteiger partial charge in [-0.2, -0.15) is 0 Å². The molecule has 0 aliphatic rings. The number of Topliss-reactive ketones (excluding diaryl/α,β-unsaturated/α-hetero) is 1. The monoisotopic (exact) mass is 331 g/mol. The fraction of sp³-hybridized carbons (Fsp3) is 0.150. The highest BCUT2D eigenvalue weighted by Gasteiger charge is 2.09. The minimum absolute atomic E-state index is 0.0244. The predicted molar refractivity (Wildman–Crippen MR) is 98.7 cm³/mol. The van der Waals surface area contributed by atoms with Gasteiger partial charge in [0.15, 0.2) is 5.78 Å². The Morgan fingerprint density at radius 2 is 2.00 bits per heavy atom. The number of aromatic nitrogens is 2. The van der Waals surface area contributed by atoms with Gasteiger partial charge in [0.05, 0.1) is 23.8 Å². The van der Waals surface area contributed by atoms with Crippen LogP contribution in [0.5, 0.6) is 0 Å². The molecule has 0 fully saturated rings. The SMILES string of the molecule is C#CCN(Cc1ccc2nc[nH]c(=O)c2c1)c1ccc(C(C)=O)cc1. The molecule has 3 rings (SSSR count). The normalized spacial score (nSPS) is 10.4. The Morgan fingerprint density at radius 1 is 1.24 bits per heavy atom. The Balaban J connectivity index is 1.91. The van der Waals surface area contributed by atoms with Crippen molar-refractivity contribution in [3.05, 3.63) is 70.3 Å². The van der Waals surface area contributed by atoms with Crippen molar-refractivity contribution in [2.75, 3.05) is 11.4 Å². The van der Waals surface area contributed by atoms with Crippen molar-refractivity contribution in [3.63, 3.8) is 0 Å². The van der Waals surface area contributed by atoms with Gasteiger partial charge in [-0.15, -0.1) is 6.42 Å². The maximum atomic E-state index is 11.9. The first-order valence-electron chi connectivity index (χ1n) is 7.84. The molecule has 5 nitrogen and oxygen atoms in total. The number of nitrogens with zero attached hydrogens (tertiary/aromatic N) is 2. The number of benzene rings is 2. The largest absolute Gasteiger partial charge is 0.356 e. The Labute approximate surface area is 145 Å². The van der Waals surface area contributed by atoms with E-state index >= 15 is 0 Å². The number of anilines is 1. The number of hydrogen-bond donors (Lipinski definition) is 1. The Kier molecular flexibility index (Phi) is 4.62. The summed E-state index contributed by atoms with van der Waals surface area (Å²) in [5, 5.41) is 0.549. The number of carbonyl (C=O) groups excluding carboxylic acids is 1. The van der Waals surface area contributed by atoms with E-state index in [1.807, 2.05) is 35.2 Å². The van der Waals surface area contributed by atoms with E-state index in [0.717, 1.165) is 11.3 Å². The third-order valence-corrected chi connectivity index (χ3v) is 4.00. The van der Waals surface area contributed by atoms with Gasteiger partial charge in [0.1, 0.15) is 0 Å². The van der Waals surface area contributed by atoms with Gasteiger partial charge in [-0.25, -0.2) is 4.98 Å². The van der Waals surface area contributed by atoms with Crippen LogP contribution in [-0.4, -0.2) is 22.3 Å². The van der Waals surface area contributed by atoms with Crippen LogP contribution in [0.2, 0.25) is 0 Å². The van der Waals surface area contributed by atoms with Crippen molar-refractivity contribution in [1.29, 1.82) is 0 Å². The van der Waals surface area contributed by atoms with Crippen LogP contribution in [0.4, 0.5) is 5.69 Å². The lowest BCUT2D eigenvalue weighted by Gasteiger charge is -2.23. The van der Waals surface area contributed by atoms with Gasteiger partial charge >= 0.3 is 0 Å². The first kappa shape index (κ1) is 16.5. The number of hydrogen-bond acceptors (Lipinski definition) is 4. The highest BCUT2D eigenvalue weighted by Crippen LogP contribution is 2.19. The molecule has 0 atom stereocenters. The Hall–Kier alpha value is -3.39. The zero-order valence-corrected chi connectivity index (χ0v) is 13.8. The summed E-state index contributed by atoms with van der Waals surface area (Å²) in [5.74, 6) is 2.68. The first-order valence-corrected chi connectivity index (χ1v) is 7.84. The maximum absolute atomic E-state index is 11.9. The second kappa shape index (κ2) is 7.02. The van der Waals surface area contributed by atoms with Crippen molar-refractivity contribution in [3.8, 4) is 12.3 Å². The summed E-state index contributed by atoms with van der Waals surface area (Å²) in [6.45, 7) is 2.50. The number of nitrogens with one attached hydrogen (secondary N) is 1. The minimum atomic E-state index is -0.166. The molecule has 0 spiro atoms. The van der Waals surface area contributed by atoms with Crippen LogP contribution in [-0.2, 0) is 6.54 Å². The van der Waals surface area contributed by atoms with Crippen molar-refractivity contribution in [2.45, 2.75) is 13.5 Å². The van der Waals surface area contributed by atoms with E-state index in [0.29, 0.717) is 29.6 Å². The van der Waals surface area contributed by atoms with Gasteiger partial charge in [0.2, 0.25) is 0 Å². The molecule has 0 aliphatic heterocycles. The molecule has 3 aromatic rings. The molecule has 0 saturated carbocycles. The van der Waals surface area contributed by atoms with Gasteiger partial charge < -0.3 is 9.88 Å². The highest BCUT2D eigenvalue weighted by atomic mass is 16.1. The fourth-order valence-electron chi connectivity index (χ4n) is 2.69. The molecular formula is C20H17N3O2. The molecular weight excluding hydrogens is 314 g/mol. The molecule has 1 N–H and O–H groups in total. The summed E-state index contributed by atoms with van der Waals surface area (Å²) < 4.78 is 0. The lowest BCUT2D eigenvalue weighted by molar-refractivity contribution is 0.101. The number of terminal acetylenes is 1. The predicted octanol–water partition coefficient (Wildman–Crippen LogP) is 2.77. The van der Waals surface area contributed by atoms with Crippen molar-refractivity contribution in [2.24, 2.45) is 0 Å². The highest BCUT2D eigenvalue weighted by molar-refractivity contribution is 5.94. The van der Waals surface area contributed by atoms with Gasteiger partial charge in [0.25, 0.3) is 5.56 Å². The summed E-state index contributed by atoms with van der Waals surface area (Å²) in [7, 11) is 0. The number of H-pyrrole nitrogens is 1. The molecule has 0 saturated heterocycles. The number of aromatic amines is 1. The van der Waals surface area contributed by atoms with Crippen molar-refractivity contribution in [1.82, 2.24) is 9.97 Å². The topological polar surface area (TPSA) is 66.1 Å². The number of carbonyl (C=O) groups is 1. The maximum Gasteiger partial charge on any atom is 0.258 e. The molecule has 2 aromatic carbocycles. The van der Waals surface area contributed by atoms with E-state index in [2.05, 4.69) is 15.9 Å². The summed E-state index contributed by atoms with van der Waals surface area (Å²) in [6, 6.07) is 12.9. The molecule has 0 unspecified atom stereocenters. The average Bonchev–Trinajstić information content (AvgIpc) is 2.62. The molecule has 0 radical (unpaired) electrons. The van der Waals surface area contributed by atoms with Crippen molar-refractivity contribution < 1.29 is 4.79 Å². The molecule has 5 heteroatoms. The van der Waals surface area contributed by atoms with Gasteiger partial charge in [-0.3, -0.25) is 9.59 Å². The van der Waals surface area contributed by atoms with E-state index in [9.17, 15) is 9.59 Å². The number of fused-ring (bicyclic) bond motifs is 1. The summed E-state index contributed by atoms with van der Waals surface area (Å²) in [6.07, 6.45) is 6.90. The molecule has 25 heavy (non-hydrogen) atoms. The fourth-order valence-corrected chi connectivity index (χ4v) is 2.69. The van der Waals surface area contributed by atoms with E-state index in [1.165, 1.54) is 13.3 Å². The van der Waals surface area contributed by atoms with E-state index in [-0.39, 0.29) is 11.3 Å². The van der Waals surface area contributed by atoms with E-state index < -0.39 is 0 Å². The molecule has 0 bridgehead atoms. The molecule has 1 aromatic heterocycles. The van der Waals surface area contributed by atoms with E-state index in [1.54, 1.807) is 12.1 Å². The van der Waals surface area contributed by atoms with Crippen LogP contribution in [0.25, 0.3) is 10.9 Å². The van der Waals surface area contributed by atoms with Crippen LogP contribution >= 0.6 is 0 Å². The first-order chi connectivity index (χ1) is 12.1. The molecule has 1 heterocycles. The van der Waals surface area contributed by atoms with Gasteiger partial charge in [-0.1, -0.05) is 12.0 Å². The molecule has 0 aliphatic carbocycles. The summed E-state index contributed by atoms with van der Waals surface area (Å²) in [4.78, 5) is 32.1. The van der Waals surface area contributed by atoms with Crippen LogP contribution < -0.4 is 10.5 Å². The Morgan fingerprint density at radius 3 is 2.68 bits per heavy atom. The van der Waals surface area contributed by atoms with Crippen LogP contribution in [0, 0.1) is 12.3 Å².